The number of aromatic nitrogens is 1. The molecule has 4 heteroatoms. The topological polar surface area (TPSA) is 25.4 Å². The summed E-state index contributed by atoms with van der Waals surface area (Å²) < 4.78 is 19.4. The Balaban J connectivity index is 1.97. The lowest BCUT2D eigenvalue weighted by Gasteiger charge is -2.22. The van der Waals surface area contributed by atoms with E-state index in [1.165, 1.54) is 19.0 Å². The van der Waals surface area contributed by atoms with Crippen molar-refractivity contribution in [2.45, 2.75) is 32.4 Å². The van der Waals surface area contributed by atoms with Crippen molar-refractivity contribution in [3.05, 3.63) is 47.9 Å². The van der Waals surface area contributed by atoms with Gasteiger partial charge in [0.25, 0.3) is 0 Å². The fraction of sp³-hybridized carbons (Fsp3) is 0.389. The predicted molar refractivity (Wildman–Crippen MR) is 85.3 cm³/mol. The molecular formula is C18H21FN2O. The molecule has 1 unspecified atom stereocenters. The monoisotopic (exact) mass is 300 g/mol. The van der Waals surface area contributed by atoms with Gasteiger partial charge in [-0.1, -0.05) is 24.3 Å². The summed E-state index contributed by atoms with van der Waals surface area (Å²) in [5.41, 5.74) is 2.61. The summed E-state index contributed by atoms with van der Waals surface area (Å²) in [5.74, 6) is 0.114. The molecular weight excluding hydrogens is 279 g/mol. The number of likely N-dealkylation sites (tertiary alicyclic amines) is 1. The van der Waals surface area contributed by atoms with Gasteiger partial charge in [0, 0.05) is 24.2 Å². The lowest BCUT2D eigenvalue weighted by molar-refractivity contribution is 0.260. The zero-order valence-corrected chi connectivity index (χ0v) is 13.1. The van der Waals surface area contributed by atoms with Crippen LogP contribution >= 0.6 is 0 Å². The Kier molecular flexibility index (Phi) is 4.39. The van der Waals surface area contributed by atoms with Gasteiger partial charge in [-0.25, -0.2) is 9.37 Å². The van der Waals surface area contributed by atoms with E-state index in [9.17, 15) is 4.39 Å². The molecule has 3 nitrogen and oxygen atoms in total. The number of hydrogen-bond acceptors (Lipinski definition) is 3. The van der Waals surface area contributed by atoms with E-state index in [1.807, 2.05) is 18.2 Å². The highest BCUT2D eigenvalue weighted by atomic mass is 19.1. The molecule has 0 saturated carbocycles. The van der Waals surface area contributed by atoms with Crippen LogP contribution in [0.3, 0.4) is 0 Å². The lowest BCUT2D eigenvalue weighted by atomic mass is 9.99. The second-order valence-corrected chi connectivity index (χ2v) is 5.83. The zero-order chi connectivity index (χ0) is 15.5. The molecule has 0 amide bonds. The van der Waals surface area contributed by atoms with Gasteiger partial charge in [0.2, 0.25) is 5.88 Å². The highest BCUT2D eigenvalue weighted by molar-refractivity contribution is 5.68. The number of nitrogens with zero attached hydrogens (tertiary/aromatic N) is 2. The SMILES string of the molecule is COc1cc(-c2ccccc2CN2CCCC2C)c(F)cn1. The second kappa shape index (κ2) is 6.44. The maximum Gasteiger partial charge on any atom is 0.213 e. The van der Waals surface area contributed by atoms with Crippen LogP contribution in [0.25, 0.3) is 11.1 Å². The van der Waals surface area contributed by atoms with Crippen LogP contribution in [-0.4, -0.2) is 29.6 Å². The molecule has 0 bridgehead atoms. The summed E-state index contributed by atoms with van der Waals surface area (Å²) in [7, 11) is 1.54. The minimum atomic E-state index is -0.317. The Morgan fingerprint density at radius 3 is 2.86 bits per heavy atom. The first kappa shape index (κ1) is 15.0. The maximum absolute atomic E-state index is 14.2. The first-order valence-electron chi connectivity index (χ1n) is 7.71. The number of pyridine rings is 1. The Morgan fingerprint density at radius 2 is 2.14 bits per heavy atom. The largest absolute Gasteiger partial charge is 0.481 e. The van der Waals surface area contributed by atoms with Gasteiger partial charge in [-0.15, -0.1) is 0 Å². The summed E-state index contributed by atoms with van der Waals surface area (Å²) in [6.07, 6.45) is 3.70. The van der Waals surface area contributed by atoms with Crippen molar-refractivity contribution in [3.63, 3.8) is 0 Å². The molecule has 2 aromatic rings. The second-order valence-electron chi connectivity index (χ2n) is 5.83. The first-order valence-corrected chi connectivity index (χ1v) is 7.71. The van der Waals surface area contributed by atoms with E-state index in [-0.39, 0.29) is 5.82 Å². The van der Waals surface area contributed by atoms with Crippen molar-refractivity contribution in [1.82, 2.24) is 9.88 Å². The number of halogens is 1. The molecule has 116 valence electrons. The number of hydrogen-bond donors (Lipinski definition) is 0. The molecule has 1 aliphatic rings. The number of ether oxygens (including phenoxy) is 1. The summed E-state index contributed by atoms with van der Waals surface area (Å²) in [5, 5.41) is 0. The fourth-order valence-electron chi connectivity index (χ4n) is 3.10. The van der Waals surface area contributed by atoms with Crippen molar-refractivity contribution >= 4 is 0 Å². The molecule has 1 fully saturated rings. The Labute approximate surface area is 130 Å². The van der Waals surface area contributed by atoms with E-state index >= 15 is 0 Å². The Hall–Kier alpha value is -1.94. The van der Waals surface area contributed by atoms with E-state index < -0.39 is 0 Å². The Morgan fingerprint density at radius 1 is 1.32 bits per heavy atom. The van der Waals surface area contributed by atoms with Crippen LogP contribution < -0.4 is 4.74 Å². The molecule has 2 heterocycles. The molecule has 0 radical (unpaired) electrons. The molecule has 0 spiro atoms. The van der Waals surface area contributed by atoms with Gasteiger partial charge >= 0.3 is 0 Å². The van der Waals surface area contributed by atoms with Crippen LogP contribution in [0.15, 0.2) is 36.5 Å². The average molecular weight is 300 g/mol. The molecule has 22 heavy (non-hydrogen) atoms. The van der Waals surface area contributed by atoms with Crippen LogP contribution in [0, 0.1) is 5.82 Å². The van der Waals surface area contributed by atoms with Crippen LogP contribution in [0.4, 0.5) is 4.39 Å². The lowest BCUT2D eigenvalue weighted by Crippen LogP contribution is -2.26. The molecule has 1 atom stereocenters. The maximum atomic E-state index is 14.2. The standard InChI is InChI=1S/C18H21FN2O/c1-13-6-5-9-21(13)12-14-7-3-4-8-15(14)16-10-18(22-2)20-11-17(16)19/h3-4,7-8,10-11,13H,5-6,9,12H2,1-2H3. The van der Waals surface area contributed by atoms with Gasteiger partial charge in [-0.05, 0) is 37.4 Å². The molecule has 0 N–H and O–H groups in total. The number of methoxy groups -OCH3 is 1. The summed E-state index contributed by atoms with van der Waals surface area (Å²) >= 11 is 0. The predicted octanol–water partition coefficient (Wildman–Crippen LogP) is 3.88. The van der Waals surface area contributed by atoms with Gasteiger partial charge in [-0.2, -0.15) is 0 Å². The number of rotatable bonds is 4. The van der Waals surface area contributed by atoms with Crippen molar-refractivity contribution < 1.29 is 9.13 Å². The van der Waals surface area contributed by atoms with Crippen LogP contribution in [-0.2, 0) is 6.54 Å². The molecule has 1 aromatic heterocycles. The molecule has 1 aromatic carbocycles. The third kappa shape index (κ3) is 2.97. The minimum Gasteiger partial charge on any atom is -0.481 e. The third-order valence-electron chi connectivity index (χ3n) is 4.41. The third-order valence-corrected chi connectivity index (χ3v) is 4.41. The van der Waals surface area contributed by atoms with Crippen LogP contribution in [0.2, 0.25) is 0 Å². The average Bonchev–Trinajstić information content (AvgIpc) is 2.94. The van der Waals surface area contributed by atoms with Gasteiger partial charge < -0.3 is 4.74 Å². The fourth-order valence-corrected chi connectivity index (χ4v) is 3.10. The van der Waals surface area contributed by atoms with Crippen LogP contribution in [0.1, 0.15) is 25.3 Å². The van der Waals surface area contributed by atoms with E-state index in [1.54, 1.807) is 13.2 Å². The highest BCUT2D eigenvalue weighted by Crippen LogP contribution is 2.30. The molecule has 1 saturated heterocycles. The first-order chi connectivity index (χ1) is 10.7. The van der Waals surface area contributed by atoms with Gasteiger partial charge in [0.15, 0.2) is 0 Å². The smallest absolute Gasteiger partial charge is 0.213 e. The normalized spacial score (nSPS) is 18.6. The Bertz CT molecular complexity index is 659. The van der Waals surface area contributed by atoms with E-state index in [0.29, 0.717) is 17.5 Å². The zero-order valence-electron chi connectivity index (χ0n) is 13.1. The van der Waals surface area contributed by atoms with Gasteiger partial charge in [-0.3, -0.25) is 4.90 Å². The van der Waals surface area contributed by atoms with Crippen molar-refractivity contribution in [2.24, 2.45) is 0 Å². The van der Waals surface area contributed by atoms with Crippen molar-refractivity contribution in [3.8, 4) is 17.0 Å². The summed E-state index contributed by atoms with van der Waals surface area (Å²) in [4.78, 5) is 6.37. The molecule has 0 aliphatic carbocycles. The van der Waals surface area contributed by atoms with Gasteiger partial charge in [0.05, 0.1) is 13.3 Å². The van der Waals surface area contributed by atoms with Crippen molar-refractivity contribution in [1.29, 1.82) is 0 Å². The minimum absolute atomic E-state index is 0.317. The van der Waals surface area contributed by atoms with Gasteiger partial charge in [0.1, 0.15) is 5.82 Å². The highest BCUT2D eigenvalue weighted by Gasteiger charge is 2.21. The summed E-state index contributed by atoms with van der Waals surface area (Å²) in [6, 6.07) is 10.3. The van der Waals surface area contributed by atoms with Crippen molar-refractivity contribution in [2.75, 3.05) is 13.7 Å². The quantitative estimate of drug-likeness (QED) is 0.857. The summed E-state index contributed by atoms with van der Waals surface area (Å²) in [6.45, 7) is 4.21. The molecule has 3 rings (SSSR count). The van der Waals surface area contributed by atoms with Crippen LogP contribution in [0.5, 0.6) is 5.88 Å². The van der Waals surface area contributed by atoms with E-state index in [4.69, 9.17) is 4.74 Å². The molecule has 1 aliphatic heterocycles. The van der Waals surface area contributed by atoms with E-state index in [2.05, 4.69) is 22.9 Å². The van der Waals surface area contributed by atoms with E-state index in [0.717, 1.165) is 24.2 Å². The number of benzene rings is 1.